The number of nitrogens with zero attached hydrogens (tertiary/aromatic N) is 1. The van der Waals surface area contributed by atoms with E-state index >= 15 is 0 Å². The Balaban J connectivity index is 1.51. The summed E-state index contributed by atoms with van der Waals surface area (Å²) >= 11 is 6.33. The molecular formula is C27H27ClN2O3. The van der Waals surface area contributed by atoms with E-state index in [1.54, 1.807) is 12.1 Å². The normalized spacial score (nSPS) is 12.0. The zero-order chi connectivity index (χ0) is 23.5. The van der Waals surface area contributed by atoms with Crippen molar-refractivity contribution in [1.82, 2.24) is 4.98 Å². The fraction of sp³-hybridized carbons (Fsp3) is 0.259. The number of fused-ring (bicyclic) bond motifs is 1. The highest BCUT2D eigenvalue weighted by Crippen LogP contribution is 2.32. The van der Waals surface area contributed by atoms with Crippen LogP contribution in [0.5, 0.6) is 5.75 Å². The second-order valence-electron chi connectivity index (χ2n) is 8.36. The Morgan fingerprint density at radius 2 is 1.94 bits per heavy atom. The van der Waals surface area contributed by atoms with Gasteiger partial charge in [0.25, 0.3) is 5.91 Å². The molecule has 1 atom stereocenters. The molecule has 0 saturated carbocycles. The molecule has 4 aromatic rings. The smallest absolute Gasteiger partial charge is 0.262 e. The predicted molar refractivity (Wildman–Crippen MR) is 133 cm³/mol. The van der Waals surface area contributed by atoms with Gasteiger partial charge in [-0.1, -0.05) is 49.2 Å². The average molecular weight is 463 g/mol. The number of hydrogen-bond donors (Lipinski definition) is 1. The topological polar surface area (TPSA) is 64.4 Å². The minimum atomic E-state index is -0.301. The van der Waals surface area contributed by atoms with Crippen molar-refractivity contribution in [3.8, 4) is 17.2 Å². The first kappa shape index (κ1) is 22.9. The first-order valence-corrected chi connectivity index (χ1v) is 11.4. The second-order valence-corrected chi connectivity index (χ2v) is 8.76. The predicted octanol–water partition coefficient (Wildman–Crippen LogP) is 7.30. The van der Waals surface area contributed by atoms with Crippen LogP contribution in [0.3, 0.4) is 0 Å². The number of aryl methyl sites for hydroxylation is 2. The Kier molecular flexibility index (Phi) is 6.70. The molecule has 1 amide bonds. The highest BCUT2D eigenvalue weighted by Gasteiger charge is 2.14. The highest BCUT2D eigenvalue weighted by molar-refractivity contribution is 6.33. The quantitative estimate of drug-likeness (QED) is 0.313. The molecule has 0 radical (unpaired) electrons. The van der Waals surface area contributed by atoms with E-state index in [0.717, 1.165) is 34.2 Å². The van der Waals surface area contributed by atoms with Crippen LogP contribution in [-0.2, 0) is 4.79 Å². The monoisotopic (exact) mass is 462 g/mol. The third-order valence-corrected chi connectivity index (χ3v) is 6.10. The Hall–Kier alpha value is -3.31. The van der Waals surface area contributed by atoms with Crippen LogP contribution < -0.4 is 10.1 Å². The van der Waals surface area contributed by atoms with E-state index in [9.17, 15) is 4.79 Å². The van der Waals surface area contributed by atoms with Crippen LogP contribution >= 0.6 is 11.6 Å². The summed E-state index contributed by atoms with van der Waals surface area (Å²) in [6.45, 7) is 8.21. The van der Waals surface area contributed by atoms with Gasteiger partial charge >= 0.3 is 0 Å². The summed E-state index contributed by atoms with van der Waals surface area (Å²) in [5.41, 5.74) is 6.10. The molecule has 33 heavy (non-hydrogen) atoms. The van der Waals surface area contributed by atoms with E-state index in [1.807, 2.05) is 44.2 Å². The Bertz CT molecular complexity index is 1310. The van der Waals surface area contributed by atoms with E-state index in [-0.39, 0.29) is 12.5 Å². The molecule has 0 aliphatic carbocycles. The summed E-state index contributed by atoms with van der Waals surface area (Å²) in [5.74, 6) is 1.31. The molecule has 0 spiro atoms. The molecule has 1 unspecified atom stereocenters. The number of oxazole rings is 1. The van der Waals surface area contributed by atoms with Gasteiger partial charge in [0.1, 0.15) is 11.3 Å². The summed E-state index contributed by atoms with van der Waals surface area (Å²) in [5, 5.41) is 3.25. The van der Waals surface area contributed by atoms with Crippen LogP contribution in [0.1, 0.15) is 42.9 Å². The van der Waals surface area contributed by atoms with Crippen LogP contribution in [-0.4, -0.2) is 17.5 Å². The molecule has 0 aliphatic heterocycles. The number of amides is 1. The lowest BCUT2D eigenvalue weighted by Gasteiger charge is -2.11. The van der Waals surface area contributed by atoms with E-state index in [2.05, 4.69) is 36.3 Å². The van der Waals surface area contributed by atoms with E-state index in [4.69, 9.17) is 20.8 Å². The van der Waals surface area contributed by atoms with E-state index in [1.165, 1.54) is 5.56 Å². The lowest BCUT2D eigenvalue weighted by Crippen LogP contribution is -2.20. The van der Waals surface area contributed by atoms with Crippen molar-refractivity contribution in [2.75, 3.05) is 11.9 Å². The van der Waals surface area contributed by atoms with Gasteiger partial charge in [0, 0.05) is 5.56 Å². The molecule has 4 rings (SSSR count). The minimum absolute atomic E-state index is 0.119. The van der Waals surface area contributed by atoms with Crippen molar-refractivity contribution in [1.29, 1.82) is 0 Å². The molecule has 3 aromatic carbocycles. The number of nitrogens with one attached hydrogen (secondary N) is 1. The zero-order valence-corrected chi connectivity index (χ0v) is 20.0. The van der Waals surface area contributed by atoms with Crippen LogP contribution in [0.15, 0.2) is 59.0 Å². The van der Waals surface area contributed by atoms with Crippen molar-refractivity contribution >= 4 is 34.3 Å². The van der Waals surface area contributed by atoms with Gasteiger partial charge in [0.05, 0.1) is 10.7 Å². The third kappa shape index (κ3) is 5.20. The van der Waals surface area contributed by atoms with Crippen LogP contribution in [0, 0.1) is 13.8 Å². The minimum Gasteiger partial charge on any atom is -0.483 e. The Labute approximate surface area is 198 Å². The second kappa shape index (κ2) is 9.67. The lowest BCUT2D eigenvalue weighted by atomic mass is 9.98. The number of hydrogen-bond acceptors (Lipinski definition) is 4. The summed E-state index contributed by atoms with van der Waals surface area (Å²) < 4.78 is 11.6. The Morgan fingerprint density at radius 3 is 2.70 bits per heavy atom. The zero-order valence-electron chi connectivity index (χ0n) is 19.2. The molecule has 6 heteroatoms. The number of anilines is 1. The standard InChI is InChI=1S/C27H27ClN2O3/c1-5-17(3)19-8-11-25-23(13-19)30-27(33-25)20-7-9-21(28)22(14-20)29-26(31)15-32-24-10-6-16(2)12-18(24)4/h6-14,17H,5,15H2,1-4H3,(H,29,31). The van der Waals surface area contributed by atoms with Gasteiger partial charge in [-0.05, 0) is 73.7 Å². The number of aromatic nitrogens is 1. The maximum Gasteiger partial charge on any atom is 0.262 e. The van der Waals surface area contributed by atoms with Crippen molar-refractivity contribution in [3.05, 3.63) is 76.3 Å². The van der Waals surface area contributed by atoms with Crippen LogP contribution in [0.25, 0.3) is 22.6 Å². The number of carbonyl (C=O) groups excluding carboxylic acids is 1. The number of rotatable bonds is 7. The summed E-state index contributed by atoms with van der Waals surface area (Å²) in [6.07, 6.45) is 1.06. The van der Waals surface area contributed by atoms with Gasteiger partial charge in [-0.2, -0.15) is 0 Å². The van der Waals surface area contributed by atoms with Gasteiger partial charge in [0.2, 0.25) is 5.89 Å². The van der Waals surface area contributed by atoms with Crippen LogP contribution in [0.2, 0.25) is 5.02 Å². The lowest BCUT2D eigenvalue weighted by molar-refractivity contribution is -0.118. The van der Waals surface area contributed by atoms with Crippen molar-refractivity contribution in [2.24, 2.45) is 0 Å². The summed E-state index contributed by atoms with van der Waals surface area (Å²) in [7, 11) is 0. The fourth-order valence-electron chi connectivity index (χ4n) is 3.66. The molecular weight excluding hydrogens is 436 g/mol. The molecule has 0 aliphatic rings. The highest BCUT2D eigenvalue weighted by atomic mass is 35.5. The molecule has 0 fully saturated rings. The molecule has 0 saturated heterocycles. The largest absolute Gasteiger partial charge is 0.483 e. The number of halogens is 1. The molecule has 0 bridgehead atoms. The first-order chi connectivity index (χ1) is 15.8. The van der Waals surface area contributed by atoms with Gasteiger partial charge < -0.3 is 14.5 Å². The van der Waals surface area contributed by atoms with Crippen LogP contribution in [0.4, 0.5) is 5.69 Å². The average Bonchev–Trinajstić information content (AvgIpc) is 3.23. The van der Waals surface area contributed by atoms with Gasteiger partial charge in [0.15, 0.2) is 12.2 Å². The maximum absolute atomic E-state index is 12.5. The van der Waals surface area contributed by atoms with Gasteiger partial charge in [-0.25, -0.2) is 4.98 Å². The fourth-order valence-corrected chi connectivity index (χ4v) is 3.82. The SMILES string of the molecule is CCC(C)c1ccc2oc(-c3ccc(Cl)c(NC(=O)COc4ccc(C)cc4C)c3)nc2c1. The molecule has 170 valence electrons. The number of carbonyl (C=O) groups is 1. The number of ether oxygens (including phenoxy) is 1. The van der Waals surface area contributed by atoms with E-state index < -0.39 is 0 Å². The molecule has 1 N–H and O–H groups in total. The molecule has 5 nitrogen and oxygen atoms in total. The number of benzene rings is 3. The molecule has 1 heterocycles. The van der Waals surface area contributed by atoms with Gasteiger partial charge in [-0.3, -0.25) is 4.79 Å². The van der Waals surface area contributed by atoms with Crippen molar-refractivity contribution < 1.29 is 13.9 Å². The third-order valence-electron chi connectivity index (χ3n) is 5.77. The van der Waals surface area contributed by atoms with Gasteiger partial charge in [-0.15, -0.1) is 0 Å². The Morgan fingerprint density at radius 1 is 1.12 bits per heavy atom. The van der Waals surface area contributed by atoms with Crippen molar-refractivity contribution in [2.45, 2.75) is 40.0 Å². The van der Waals surface area contributed by atoms with E-state index in [0.29, 0.717) is 28.3 Å². The summed E-state index contributed by atoms with van der Waals surface area (Å²) in [4.78, 5) is 17.2. The molecule has 1 aromatic heterocycles. The first-order valence-electron chi connectivity index (χ1n) is 11.0. The maximum atomic E-state index is 12.5. The van der Waals surface area contributed by atoms with Crippen molar-refractivity contribution in [3.63, 3.8) is 0 Å². The summed E-state index contributed by atoms with van der Waals surface area (Å²) in [6, 6.07) is 17.2.